The Hall–Kier alpha value is -3.88. The Morgan fingerprint density at radius 3 is 2.38 bits per heavy atom. The molecule has 5 nitrogen and oxygen atoms in total. The zero-order valence-corrected chi connectivity index (χ0v) is 17.5. The molecule has 1 aliphatic rings. The molecule has 0 aliphatic heterocycles. The van der Waals surface area contributed by atoms with Gasteiger partial charge in [0.25, 0.3) is 5.91 Å². The lowest BCUT2D eigenvalue weighted by atomic mass is 10.0. The molecule has 1 aromatic heterocycles. The average molecular weight is 422 g/mol. The molecule has 1 saturated carbocycles. The molecule has 32 heavy (non-hydrogen) atoms. The first kappa shape index (κ1) is 20.0. The minimum atomic E-state index is -2.04. The Bertz CT molecular complexity index is 1350. The van der Waals surface area contributed by atoms with Crippen LogP contribution in [-0.2, 0) is 16.9 Å². The number of aliphatic hydroxyl groups is 1. The lowest BCUT2D eigenvalue weighted by molar-refractivity contribution is -0.149. The summed E-state index contributed by atoms with van der Waals surface area (Å²) in [7, 11) is 0. The number of carbonyl (C=O) groups is 1. The molecule has 0 bridgehead atoms. The summed E-state index contributed by atoms with van der Waals surface area (Å²) in [6.07, 6.45) is 2.14. The average Bonchev–Trinajstić information content (AvgIpc) is 3.57. The molecule has 0 spiro atoms. The van der Waals surface area contributed by atoms with Crippen LogP contribution in [0.5, 0.6) is 0 Å². The number of carbonyl (C=O) groups excluding carboxylic acids is 1. The molecule has 4 aromatic rings. The van der Waals surface area contributed by atoms with Gasteiger partial charge in [0.15, 0.2) is 0 Å². The smallest absolute Gasteiger partial charge is 0.273 e. The Morgan fingerprint density at radius 1 is 1.03 bits per heavy atom. The quantitative estimate of drug-likeness (QED) is 0.481. The highest BCUT2D eigenvalue weighted by atomic mass is 16.3. The standard InChI is InChI=1S/C27H23N3O2/c28-26(31)27(32,18-20-7-3-1-4-8-20)30-25(16-13-19-11-12-19)23-17-22(14-15-24(23)29-30)21-9-5-2-6-10-21/h1-10,14-15,17,19,32H,11-12,18H2,(H2,28,31). The van der Waals surface area contributed by atoms with Gasteiger partial charge in [0, 0.05) is 17.7 Å². The van der Waals surface area contributed by atoms with Crippen LogP contribution in [0.1, 0.15) is 24.1 Å². The molecule has 3 aromatic carbocycles. The number of benzene rings is 3. The van der Waals surface area contributed by atoms with Crippen LogP contribution in [0.3, 0.4) is 0 Å². The molecule has 1 atom stereocenters. The summed E-state index contributed by atoms with van der Waals surface area (Å²) in [6.45, 7) is 0. The minimum absolute atomic E-state index is 0.000806. The molecule has 5 rings (SSSR count). The maximum absolute atomic E-state index is 12.6. The van der Waals surface area contributed by atoms with Gasteiger partial charge in [0.05, 0.1) is 5.52 Å². The number of fused-ring (bicyclic) bond motifs is 1. The van der Waals surface area contributed by atoms with E-state index in [4.69, 9.17) is 5.73 Å². The normalized spacial score (nSPS) is 15.0. The number of aromatic nitrogens is 2. The van der Waals surface area contributed by atoms with Gasteiger partial charge in [-0.2, -0.15) is 5.10 Å². The van der Waals surface area contributed by atoms with Gasteiger partial charge in [-0.05, 0) is 47.6 Å². The predicted octanol–water partition coefficient (Wildman–Crippen LogP) is 3.84. The second-order valence-corrected chi connectivity index (χ2v) is 8.25. The largest absolute Gasteiger partial charge is 0.365 e. The number of rotatable bonds is 5. The minimum Gasteiger partial charge on any atom is -0.365 e. The topological polar surface area (TPSA) is 81.1 Å². The van der Waals surface area contributed by atoms with Crippen molar-refractivity contribution in [1.82, 2.24) is 9.78 Å². The molecular weight excluding hydrogens is 398 g/mol. The number of primary amides is 1. The molecule has 3 N–H and O–H groups in total. The molecular formula is C27H23N3O2. The van der Waals surface area contributed by atoms with Gasteiger partial charge in [-0.15, -0.1) is 0 Å². The highest BCUT2D eigenvalue weighted by molar-refractivity contribution is 5.90. The summed E-state index contributed by atoms with van der Waals surface area (Å²) in [5.74, 6) is 5.94. The van der Waals surface area contributed by atoms with Gasteiger partial charge in [0.2, 0.25) is 5.72 Å². The van der Waals surface area contributed by atoms with E-state index in [1.54, 1.807) is 0 Å². The number of amides is 1. The second-order valence-electron chi connectivity index (χ2n) is 8.25. The summed E-state index contributed by atoms with van der Waals surface area (Å²) >= 11 is 0. The van der Waals surface area contributed by atoms with Crippen LogP contribution in [0.25, 0.3) is 22.0 Å². The maximum atomic E-state index is 12.6. The van der Waals surface area contributed by atoms with Crippen molar-refractivity contribution in [2.45, 2.75) is 25.0 Å². The van der Waals surface area contributed by atoms with Crippen molar-refractivity contribution in [2.24, 2.45) is 11.7 Å². The number of nitrogens with two attached hydrogens (primary N) is 1. The van der Waals surface area contributed by atoms with Crippen LogP contribution in [0.4, 0.5) is 0 Å². The Balaban J connectivity index is 1.69. The summed E-state index contributed by atoms with van der Waals surface area (Å²) in [5, 5.41) is 16.9. The number of hydrogen-bond acceptors (Lipinski definition) is 3. The van der Waals surface area contributed by atoms with Crippen LogP contribution >= 0.6 is 0 Å². The molecule has 1 unspecified atom stereocenters. The molecule has 1 amide bonds. The van der Waals surface area contributed by atoms with Crippen molar-refractivity contribution in [3.63, 3.8) is 0 Å². The van der Waals surface area contributed by atoms with Crippen molar-refractivity contribution < 1.29 is 9.90 Å². The Morgan fingerprint density at radius 2 is 1.72 bits per heavy atom. The van der Waals surface area contributed by atoms with Crippen molar-refractivity contribution in [2.75, 3.05) is 0 Å². The van der Waals surface area contributed by atoms with E-state index >= 15 is 0 Å². The predicted molar refractivity (Wildman–Crippen MR) is 124 cm³/mol. The third-order valence-electron chi connectivity index (χ3n) is 5.79. The zero-order chi connectivity index (χ0) is 22.1. The van der Waals surface area contributed by atoms with E-state index < -0.39 is 11.6 Å². The highest BCUT2D eigenvalue weighted by Crippen LogP contribution is 2.31. The second kappa shape index (κ2) is 7.99. The van der Waals surface area contributed by atoms with Crippen molar-refractivity contribution in [3.05, 3.63) is 90.1 Å². The van der Waals surface area contributed by atoms with Gasteiger partial charge >= 0.3 is 0 Å². The van der Waals surface area contributed by atoms with Crippen LogP contribution in [-0.4, -0.2) is 20.8 Å². The first-order chi connectivity index (χ1) is 15.5. The molecule has 1 heterocycles. The van der Waals surface area contributed by atoms with Gasteiger partial charge in [-0.25, -0.2) is 4.68 Å². The van der Waals surface area contributed by atoms with Crippen LogP contribution in [0, 0.1) is 17.8 Å². The fourth-order valence-electron chi connectivity index (χ4n) is 3.83. The van der Waals surface area contributed by atoms with Crippen molar-refractivity contribution >= 4 is 16.8 Å². The Kier molecular flexibility index (Phi) is 5.01. The third-order valence-corrected chi connectivity index (χ3v) is 5.79. The molecule has 0 radical (unpaired) electrons. The van der Waals surface area contributed by atoms with Crippen molar-refractivity contribution in [1.29, 1.82) is 0 Å². The summed E-state index contributed by atoms with van der Waals surface area (Å²) in [6, 6.07) is 25.2. The first-order valence-electron chi connectivity index (χ1n) is 10.7. The Labute approximate surface area is 186 Å². The van der Waals surface area contributed by atoms with Crippen LogP contribution < -0.4 is 5.73 Å². The fourth-order valence-corrected chi connectivity index (χ4v) is 3.83. The van der Waals surface area contributed by atoms with E-state index in [1.807, 2.05) is 78.9 Å². The SMILES string of the molecule is NC(=O)C(O)(Cc1ccccc1)n1nc2ccc(-c3ccccc3)cc2c1C#CC1CC1. The lowest BCUT2D eigenvalue weighted by Crippen LogP contribution is -2.49. The zero-order valence-electron chi connectivity index (χ0n) is 17.5. The van der Waals surface area contributed by atoms with Gasteiger partial charge in [-0.3, -0.25) is 4.79 Å². The highest BCUT2D eigenvalue weighted by Gasteiger charge is 2.39. The maximum Gasteiger partial charge on any atom is 0.273 e. The number of hydrogen-bond donors (Lipinski definition) is 2. The van der Waals surface area contributed by atoms with Gasteiger partial charge in [-0.1, -0.05) is 72.7 Å². The van der Waals surface area contributed by atoms with E-state index in [-0.39, 0.29) is 6.42 Å². The van der Waals surface area contributed by atoms with E-state index in [9.17, 15) is 9.90 Å². The van der Waals surface area contributed by atoms with E-state index in [1.165, 1.54) is 4.68 Å². The molecule has 0 saturated heterocycles. The van der Waals surface area contributed by atoms with E-state index in [2.05, 4.69) is 16.9 Å². The summed E-state index contributed by atoms with van der Waals surface area (Å²) < 4.78 is 1.32. The molecule has 1 aliphatic carbocycles. The number of nitrogens with zero attached hydrogens (tertiary/aromatic N) is 2. The van der Waals surface area contributed by atoms with Crippen LogP contribution in [0.2, 0.25) is 0 Å². The van der Waals surface area contributed by atoms with Crippen LogP contribution in [0.15, 0.2) is 78.9 Å². The molecule has 5 heteroatoms. The molecule has 158 valence electrons. The monoisotopic (exact) mass is 421 g/mol. The fraction of sp³-hybridized carbons (Fsp3) is 0.185. The van der Waals surface area contributed by atoms with Crippen molar-refractivity contribution in [3.8, 4) is 23.0 Å². The molecule has 1 fully saturated rings. The third kappa shape index (κ3) is 3.77. The summed E-state index contributed by atoms with van der Waals surface area (Å²) in [5.41, 5.74) is 7.70. The lowest BCUT2D eigenvalue weighted by Gasteiger charge is -2.26. The van der Waals surface area contributed by atoms with E-state index in [0.29, 0.717) is 17.1 Å². The van der Waals surface area contributed by atoms with E-state index in [0.717, 1.165) is 34.9 Å². The van der Waals surface area contributed by atoms with Gasteiger partial charge < -0.3 is 10.8 Å². The van der Waals surface area contributed by atoms with Gasteiger partial charge in [0.1, 0.15) is 5.69 Å². The first-order valence-corrected chi connectivity index (χ1v) is 10.7. The summed E-state index contributed by atoms with van der Waals surface area (Å²) in [4.78, 5) is 12.6.